The molecule has 1 aromatic carbocycles. The van der Waals surface area contributed by atoms with E-state index in [1.54, 1.807) is 27.6 Å². The highest BCUT2D eigenvalue weighted by Crippen LogP contribution is 2.18. The van der Waals surface area contributed by atoms with Crippen molar-refractivity contribution < 1.29 is 9.59 Å². The van der Waals surface area contributed by atoms with Crippen molar-refractivity contribution in [3.8, 4) is 0 Å². The van der Waals surface area contributed by atoms with Crippen LogP contribution in [0.2, 0.25) is 0 Å². The SMILES string of the molecule is C[C@@H]1C(=O)N(Cc2ccccc2)CC(=O)N1Cc1ccnn1C. The third-order valence-electron chi connectivity index (χ3n) is 4.25. The minimum Gasteiger partial charge on any atom is -0.327 e. The Morgan fingerprint density at radius 1 is 1.13 bits per heavy atom. The average molecular weight is 312 g/mol. The summed E-state index contributed by atoms with van der Waals surface area (Å²) < 4.78 is 1.72. The number of nitrogens with zero attached hydrogens (tertiary/aromatic N) is 4. The maximum atomic E-state index is 12.6. The first kappa shape index (κ1) is 15.3. The molecule has 2 aromatic rings. The van der Waals surface area contributed by atoms with Gasteiger partial charge in [-0.3, -0.25) is 14.3 Å². The summed E-state index contributed by atoms with van der Waals surface area (Å²) in [6.07, 6.45) is 1.69. The van der Waals surface area contributed by atoms with Crippen molar-refractivity contribution in [1.82, 2.24) is 19.6 Å². The van der Waals surface area contributed by atoms with E-state index >= 15 is 0 Å². The number of carbonyl (C=O) groups excluding carboxylic acids is 2. The second-order valence-electron chi connectivity index (χ2n) is 5.82. The van der Waals surface area contributed by atoms with Gasteiger partial charge >= 0.3 is 0 Å². The van der Waals surface area contributed by atoms with Gasteiger partial charge in [0.15, 0.2) is 0 Å². The van der Waals surface area contributed by atoms with E-state index in [0.29, 0.717) is 13.1 Å². The van der Waals surface area contributed by atoms with Crippen molar-refractivity contribution in [1.29, 1.82) is 0 Å². The third kappa shape index (κ3) is 3.11. The molecule has 0 saturated carbocycles. The molecular weight excluding hydrogens is 292 g/mol. The summed E-state index contributed by atoms with van der Waals surface area (Å²) in [6, 6.07) is 11.1. The van der Waals surface area contributed by atoms with Gasteiger partial charge in [-0.2, -0.15) is 5.10 Å². The van der Waals surface area contributed by atoms with Gasteiger partial charge in [0.2, 0.25) is 11.8 Å². The van der Waals surface area contributed by atoms with Crippen molar-refractivity contribution in [2.24, 2.45) is 7.05 Å². The number of aromatic nitrogens is 2. The van der Waals surface area contributed by atoms with Crippen LogP contribution in [0.5, 0.6) is 0 Å². The fourth-order valence-electron chi connectivity index (χ4n) is 2.84. The second kappa shape index (κ2) is 6.24. The molecule has 2 heterocycles. The molecule has 3 rings (SSSR count). The monoisotopic (exact) mass is 312 g/mol. The van der Waals surface area contributed by atoms with Crippen LogP contribution in [0.15, 0.2) is 42.6 Å². The summed E-state index contributed by atoms with van der Waals surface area (Å²) in [5.41, 5.74) is 1.94. The van der Waals surface area contributed by atoms with E-state index in [1.807, 2.05) is 43.4 Å². The Morgan fingerprint density at radius 3 is 2.52 bits per heavy atom. The van der Waals surface area contributed by atoms with E-state index in [2.05, 4.69) is 5.10 Å². The van der Waals surface area contributed by atoms with Gasteiger partial charge < -0.3 is 9.80 Å². The predicted molar refractivity (Wildman–Crippen MR) is 85.1 cm³/mol. The lowest BCUT2D eigenvalue weighted by atomic mass is 10.1. The highest BCUT2D eigenvalue weighted by molar-refractivity contribution is 5.94. The molecule has 23 heavy (non-hydrogen) atoms. The van der Waals surface area contributed by atoms with Crippen LogP contribution < -0.4 is 0 Å². The maximum Gasteiger partial charge on any atom is 0.245 e. The molecule has 1 aliphatic rings. The zero-order valence-corrected chi connectivity index (χ0v) is 13.3. The Bertz CT molecular complexity index is 710. The Morgan fingerprint density at radius 2 is 1.87 bits per heavy atom. The standard InChI is InChI=1S/C17H20N4O2/c1-13-17(23)20(10-14-6-4-3-5-7-14)12-16(22)21(13)11-15-8-9-18-19(15)2/h3-9,13H,10-12H2,1-2H3/t13-/m1/s1. The molecule has 0 spiro atoms. The normalized spacial score (nSPS) is 18.6. The number of rotatable bonds is 4. The summed E-state index contributed by atoms with van der Waals surface area (Å²) in [5.74, 6) is -0.0511. The van der Waals surface area contributed by atoms with Crippen molar-refractivity contribution >= 4 is 11.8 Å². The van der Waals surface area contributed by atoms with Crippen LogP contribution in [0, 0.1) is 0 Å². The largest absolute Gasteiger partial charge is 0.327 e. The second-order valence-corrected chi connectivity index (χ2v) is 5.82. The molecule has 6 nitrogen and oxygen atoms in total. The van der Waals surface area contributed by atoms with Gasteiger partial charge in [0, 0.05) is 19.8 Å². The summed E-state index contributed by atoms with van der Waals surface area (Å²) in [7, 11) is 1.83. The molecule has 0 aliphatic carbocycles. The van der Waals surface area contributed by atoms with E-state index in [0.717, 1.165) is 11.3 Å². The highest BCUT2D eigenvalue weighted by atomic mass is 16.2. The Kier molecular flexibility index (Phi) is 4.14. The summed E-state index contributed by atoms with van der Waals surface area (Å²) >= 11 is 0. The van der Waals surface area contributed by atoms with Crippen LogP contribution in [0.3, 0.4) is 0 Å². The molecule has 1 saturated heterocycles. The van der Waals surface area contributed by atoms with Crippen LogP contribution >= 0.6 is 0 Å². The maximum absolute atomic E-state index is 12.6. The van der Waals surface area contributed by atoms with Crippen molar-refractivity contribution in [2.45, 2.75) is 26.1 Å². The molecular formula is C17H20N4O2. The zero-order valence-electron chi connectivity index (χ0n) is 13.3. The van der Waals surface area contributed by atoms with Gasteiger partial charge in [-0.1, -0.05) is 30.3 Å². The van der Waals surface area contributed by atoms with Gasteiger partial charge in [0.1, 0.15) is 12.6 Å². The fraction of sp³-hybridized carbons (Fsp3) is 0.353. The summed E-state index contributed by atoms with van der Waals surface area (Å²) in [4.78, 5) is 28.4. The number of hydrogen-bond acceptors (Lipinski definition) is 3. The fourth-order valence-corrected chi connectivity index (χ4v) is 2.84. The molecule has 120 valence electrons. The van der Waals surface area contributed by atoms with Crippen molar-refractivity contribution in [3.63, 3.8) is 0 Å². The van der Waals surface area contributed by atoms with Gasteiger partial charge in [0.05, 0.1) is 12.2 Å². The van der Waals surface area contributed by atoms with Crippen molar-refractivity contribution in [2.75, 3.05) is 6.54 Å². The summed E-state index contributed by atoms with van der Waals surface area (Å²) in [6.45, 7) is 2.78. The first-order valence-corrected chi connectivity index (χ1v) is 7.65. The van der Waals surface area contributed by atoms with Crippen LogP contribution in [0.4, 0.5) is 0 Å². The molecule has 2 amide bonds. The van der Waals surface area contributed by atoms with Gasteiger partial charge in [-0.15, -0.1) is 0 Å². The van der Waals surface area contributed by atoms with Crippen molar-refractivity contribution in [3.05, 3.63) is 53.9 Å². The van der Waals surface area contributed by atoms with Crippen LogP contribution in [0.25, 0.3) is 0 Å². The highest BCUT2D eigenvalue weighted by Gasteiger charge is 2.36. The number of benzene rings is 1. The van der Waals surface area contributed by atoms with Gasteiger partial charge in [-0.25, -0.2) is 0 Å². The molecule has 0 N–H and O–H groups in total. The molecule has 1 fully saturated rings. The number of amides is 2. The number of aryl methyl sites for hydroxylation is 1. The van der Waals surface area contributed by atoms with E-state index in [4.69, 9.17) is 0 Å². The Hall–Kier alpha value is -2.63. The van der Waals surface area contributed by atoms with Crippen LogP contribution in [0.1, 0.15) is 18.2 Å². The summed E-state index contributed by atoms with van der Waals surface area (Å²) in [5, 5.41) is 4.11. The van der Waals surface area contributed by atoms with Crippen LogP contribution in [-0.4, -0.2) is 44.0 Å². The molecule has 1 aromatic heterocycles. The van der Waals surface area contributed by atoms with Crippen LogP contribution in [-0.2, 0) is 29.7 Å². The lowest BCUT2D eigenvalue weighted by Crippen LogP contribution is -2.58. The zero-order chi connectivity index (χ0) is 16.4. The van der Waals surface area contributed by atoms with Gasteiger partial charge in [-0.05, 0) is 18.6 Å². The quantitative estimate of drug-likeness (QED) is 0.852. The lowest BCUT2D eigenvalue weighted by molar-refractivity contribution is -0.156. The smallest absolute Gasteiger partial charge is 0.245 e. The van der Waals surface area contributed by atoms with E-state index in [9.17, 15) is 9.59 Å². The Labute approximate surface area is 135 Å². The molecule has 0 radical (unpaired) electrons. The molecule has 6 heteroatoms. The minimum atomic E-state index is -0.463. The molecule has 0 bridgehead atoms. The molecule has 0 unspecified atom stereocenters. The van der Waals surface area contributed by atoms with E-state index < -0.39 is 6.04 Å². The first-order chi connectivity index (χ1) is 11.1. The molecule has 1 aliphatic heterocycles. The molecule has 1 atom stereocenters. The minimum absolute atomic E-state index is 0.0179. The predicted octanol–water partition coefficient (Wildman–Crippen LogP) is 1.18. The number of piperazine rings is 1. The third-order valence-corrected chi connectivity index (χ3v) is 4.25. The van der Waals surface area contributed by atoms with Gasteiger partial charge in [0.25, 0.3) is 0 Å². The first-order valence-electron chi connectivity index (χ1n) is 7.65. The average Bonchev–Trinajstić information content (AvgIpc) is 2.95. The number of carbonyl (C=O) groups is 2. The lowest BCUT2D eigenvalue weighted by Gasteiger charge is -2.38. The van der Waals surface area contributed by atoms with E-state index in [1.165, 1.54) is 0 Å². The topological polar surface area (TPSA) is 58.4 Å². The number of hydrogen-bond donors (Lipinski definition) is 0. The Balaban J connectivity index is 1.73. The van der Waals surface area contributed by atoms with E-state index in [-0.39, 0.29) is 18.4 Å².